The third-order valence-electron chi connectivity index (χ3n) is 3.66. The number of primary amides is 1. The lowest BCUT2D eigenvalue weighted by atomic mass is 10.0. The summed E-state index contributed by atoms with van der Waals surface area (Å²) < 4.78 is 4.97. The minimum absolute atomic E-state index is 0.0504. The molecule has 0 aliphatic heterocycles. The summed E-state index contributed by atoms with van der Waals surface area (Å²) in [5, 5.41) is 0.907. The smallest absolute Gasteiger partial charge is 0.256 e. The highest BCUT2D eigenvalue weighted by molar-refractivity contribution is 6.07. The Hall–Kier alpha value is -2.47. The van der Waals surface area contributed by atoms with Crippen molar-refractivity contribution in [1.29, 1.82) is 0 Å². The summed E-state index contributed by atoms with van der Waals surface area (Å²) in [5.74, 6) is -0.924. The molecule has 1 atom stereocenters. The summed E-state index contributed by atoms with van der Waals surface area (Å²) in [5.41, 5.74) is 7.43. The average Bonchev–Trinajstić information content (AvgIpc) is 2.51. The van der Waals surface area contributed by atoms with E-state index in [0.29, 0.717) is 11.1 Å². The van der Waals surface area contributed by atoms with Gasteiger partial charge in [0.1, 0.15) is 6.04 Å². The Bertz CT molecular complexity index is 715. The van der Waals surface area contributed by atoms with E-state index < -0.39 is 11.9 Å². The third-order valence-corrected chi connectivity index (χ3v) is 3.66. The number of aryl methyl sites for hydroxylation is 1. The van der Waals surface area contributed by atoms with Gasteiger partial charge in [-0.2, -0.15) is 0 Å². The van der Waals surface area contributed by atoms with E-state index in [1.165, 1.54) is 19.1 Å². The number of ether oxygens (including phenoxy) is 1. The van der Waals surface area contributed by atoms with Gasteiger partial charge in [0, 0.05) is 25.7 Å². The van der Waals surface area contributed by atoms with Gasteiger partial charge in [-0.05, 0) is 24.6 Å². The first kappa shape index (κ1) is 15.9. The Labute approximate surface area is 128 Å². The maximum atomic E-state index is 12.7. The van der Waals surface area contributed by atoms with Gasteiger partial charge in [0.05, 0.1) is 17.7 Å². The number of hydrogen-bond donors (Lipinski definition) is 1. The Morgan fingerprint density at radius 1 is 1.36 bits per heavy atom. The molecule has 1 aromatic heterocycles. The van der Waals surface area contributed by atoms with Gasteiger partial charge in [0.2, 0.25) is 5.91 Å². The zero-order valence-electron chi connectivity index (χ0n) is 12.9. The van der Waals surface area contributed by atoms with Gasteiger partial charge in [0.15, 0.2) is 0 Å². The number of likely N-dealkylation sites (N-methyl/N-ethyl adjacent to an activating group) is 1. The molecule has 116 valence electrons. The van der Waals surface area contributed by atoms with Crippen LogP contribution in [0.3, 0.4) is 0 Å². The van der Waals surface area contributed by atoms with Crippen molar-refractivity contribution >= 4 is 22.7 Å². The molecule has 2 amide bonds. The maximum absolute atomic E-state index is 12.7. The van der Waals surface area contributed by atoms with Gasteiger partial charge < -0.3 is 15.4 Å². The number of benzene rings is 1. The van der Waals surface area contributed by atoms with E-state index in [-0.39, 0.29) is 12.5 Å². The van der Waals surface area contributed by atoms with E-state index in [0.717, 1.165) is 10.9 Å². The number of nitrogens with zero attached hydrogens (tertiary/aromatic N) is 2. The van der Waals surface area contributed by atoms with Crippen molar-refractivity contribution in [3.8, 4) is 0 Å². The Morgan fingerprint density at radius 2 is 2.09 bits per heavy atom. The van der Waals surface area contributed by atoms with E-state index >= 15 is 0 Å². The standard InChI is InChI=1S/C16H19N3O3/c1-10-6-7-12(14-11(10)5-4-8-18-14)16(21)19(2)13(9-22-3)15(17)20/h4-8,13H,9H2,1-3H3,(H2,17,20)/t13-/m0/s1. The number of nitrogens with two attached hydrogens (primary N) is 1. The lowest BCUT2D eigenvalue weighted by molar-refractivity contribution is -0.123. The van der Waals surface area contributed by atoms with Crippen molar-refractivity contribution in [2.45, 2.75) is 13.0 Å². The molecule has 0 unspecified atom stereocenters. The monoisotopic (exact) mass is 301 g/mol. The molecule has 0 aliphatic rings. The molecule has 22 heavy (non-hydrogen) atoms. The zero-order chi connectivity index (χ0) is 16.3. The molecule has 0 aliphatic carbocycles. The van der Waals surface area contributed by atoms with E-state index in [4.69, 9.17) is 10.5 Å². The first-order valence-corrected chi connectivity index (χ1v) is 6.87. The number of carbonyl (C=O) groups excluding carboxylic acids is 2. The largest absolute Gasteiger partial charge is 0.382 e. The minimum Gasteiger partial charge on any atom is -0.382 e. The topological polar surface area (TPSA) is 85.5 Å². The van der Waals surface area contributed by atoms with Gasteiger partial charge in [-0.15, -0.1) is 0 Å². The van der Waals surface area contributed by atoms with Crippen molar-refractivity contribution < 1.29 is 14.3 Å². The first-order valence-electron chi connectivity index (χ1n) is 6.87. The molecule has 0 radical (unpaired) electrons. The Balaban J connectivity index is 2.45. The first-order chi connectivity index (χ1) is 10.5. The second kappa shape index (κ2) is 6.53. The van der Waals surface area contributed by atoms with Gasteiger partial charge >= 0.3 is 0 Å². The fourth-order valence-electron chi connectivity index (χ4n) is 2.36. The van der Waals surface area contributed by atoms with Crippen LogP contribution in [0.4, 0.5) is 0 Å². The van der Waals surface area contributed by atoms with E-state index in [1.54, 1.807) is 12.3 Å². The summed E-state index contributed by atoms with van der Waals surface area (Å²) in [6, 6.07) is 6.49. The van der Waals surface area contributed by atoms with Crippen LogP contribution in [0, 0.1) is 6.92 Å². The molecule has 0 fully saturated rings. The van der Waals surface area contributed by atoms with Crippen LogP contribution < -0.4 is 5.73 Å². The van der Waals surface area contributed by atoms with Crippen molar-refractivity contribution in [1.82, 2.24) is 9.88 Å². The van der Waals surface area contributed by atoms with Crippen LogP contribution in [0.15, 0.2) is 30.5 Å². The number of amides is 2. The molecular weight excluding hydrogens is 282 g/mol. The van der Waals surface area contributed by atoms with Crippen LogP contribution in [-0.4, -0.2) is 48.5 Å². The molecule has 2 aromatic rings. The average molecular weight is 301 g/mol. The number of methoxy groups -OCH3 is 1. The van der Waals surface area contributed by atoms with Crippen molar-refractivity contribution in [2.24, 2.45) is 5.73 Å². The SMILES string of the molecule is COC[C@@H](C(N)=O)N(C)C(=O)c1ccc(C)c2cccnc12. The fourth-order valence-corrected chi connectivity index (χ4v) is 2.36. The molecule has 1 heterocycles. The summed E-state index contributed by atoms with van der Waals surface area (Å²) in [7, 11) is 2.99. The summed E-state index contributed by atoms with van der Waals surface area (Å²) in [6.45, 7) is 2.01. The number of fused-ring (bicyclic) bond motifs is 1. The summed E-state index contributed by atoms with van der Waals surface area (Å²) >= 11 is 0. The van der Waals surface area contributed by atoms with Gasteiger partial charge in [-0.25, -0.2) is 0 Å². The molecule has 1 aromatic carbocycles. The van der Waals surface area contributed by atoms with Gasteiger partial charge in [0.25, 0.3) is 5.91 Å². The molecule has 2 N–H and O–H groups in total. The molecule has 0 saturated carbocycles. The second-order valence-electron chi connectivity index (χ2n) is 5.12. The number of carbonyl (C=O) groups is 2. The Morgan fingerprint density at radius 3 is 2.73 bits per heavy atom. The van der Waals surface area contributed by atoms with Crippen LogP contribution >= 0.6 is 0 Å². The number of rotatable bonds is 5. The maximum Gasteiger partial charge on any atom is 0.256 e. The highest BCUT2D eigenvalue weighted by Crippen LogP contribution is 2.21. The minimum atomic E-state index is -0.822. The second-order valence-corrected chi connectivity index (χ2v) is 5.12. The summed E-state index contributed by atoms with van der Waals surface area (Å²) in [6.07, 6.45) is 1.64. The molecule has 0 spiro atoms. The molecule has 0 saturated heterocycles. The van der Waals surface area contributed by atoms with E-state index in [2.05, 4.69) is 4.98 Å². The highest BCUT2D eigenvalue weighted by Gasteiger charge is 2.27. The van der Waals surface area contributed by atoms with Crippen LogP contribution in [0.1, 0.15) is 15.9 Å². The van der Waals surface area contributed by atoms with Crippen LogP contribution in [0.2, 0.25) is 0 Å². The van der Waals surface area contributed by atoms with Crippen molar-refractivity contribution in [3.05, 3.63) is 41.6 Å². The lowest BCUT2D eigenvalue weighted by Gasteiger charge is -2.25. The highest BCUT2D eigenvalue weighted by atomic mass is 16.5. The molecular formula is C16H19N3O3. The third kappa shape index (κ3) is 2.92. The predicted octanol–water partition coefficient (Wildman–Crippen LogP) is 1.12. The van der Waals surface area contributed by atoms with E-state index in [9.17, 15) is 9.59 Å². The number of hydrogen-bond acceptors (Lipinski definition) is 4. The zero-order valence-corrected chi connectivity index (χ0v) is 12.9. The number of aromatic nitrogens is 1. The quantitative estimate of drug-likeness (QED) is 0.896. The molecule has 2 rings (SSSR count). The van der Waals surface area contributed by atoms with Gasteiger partial charge in [-0.1, -0.05) is 12.1 Å². The lowest BCUT2D eigenvalue weighted by Crippen LogP contribution is -2.48. The predicted molar refractivity (Wildman–Crippen MR) is 83.4 cm³/mol. The van der Waals surface area contributed by atoms with Crippen LogP contribution in [0.5, 0.6) is 0 Å². The fraction of sp³-hybridized carbons (Fsp3) is 0.312. The van der Waals surface area contributed by atoms with Crippen molar-refractivity contribution in [3.63, 3.8) is 0 Å². The van der Waals surface area contributed by atoms with Crippen molar-refractivity contribution in [2.75, 3.05) is 20.8 Å². The van der Waals surface area contributed by atoms with Gasteiger partial charge in [-0.3, -0.25) is 14.6 Å². The Kier molecular flexibility index (Phi) is 4.72. The number of pyridine rings is 1. The molecule has 6 heteroatoms. The molecule has 6 nitrogen and oxygen atoms in total. The molecule has 0 bridgehead atoms. The summed E-state index contributed by atoms with van der Waals surface area (Å²) in [4.78, 5) is 29.8. The van der Waals surface area contributed by atoms with Crippen LogP contribution in [0.25, 0.3) is 10.9 Å². The van der Waals surface area contributed by atoms with Crippen LogP contribution in [-0.2, 0) is 9.53 Å². The van der Waals surface area contributed by atoms with E-state index in [1.807, 2.05) is 25.1 Å². The normalized spacial score (nSPS) is 12.1.